The molecule has 2 aromatic rings. The summed E-state index contributed by atoms with van der Waals surface area (Å²) in [5.74, 6) is 0. The Labute approximate surface area is 113 Å². The molecule has 2 rings (SSSR count). The molecule has 0 aromatic heterocycles. The second-order valence-electron chi connectivity index (χ2n) is 4.07. The predicted octanol–water partition coefficient (Wildman–Crippen LogP) is 4.61. The van der Waals surface area contributed by atoms with Gasteiger partial charge in [0, 0.05) is 0 Å². The van der Waals surface area contributed by atoms with Crippen LogP contribution in [0.1, 0.15) is 11.1 Å². The van der Waals surface area contributed by atoms with Crippen LogP contribution in [0, 0.1) is 0 Å². The summed E-state index contributed by atoms with van der Waals surface area (Å²) in [5, 5.41) is 16.6. The number of rotatable bonds is 3. The Balaban J connectivity index is 2.10. The lowest BCUT2D eigenvalue weighted by molar-refractivity contribution is -0.137. The molecule has 0 fully saturated rings. The Morgan fingerprint density at radius 2 is 1.25 bits per heavy atom. The Bertz CT molecular complexity index is 589. The number of aliphatic hydroxyl groups is 1. The first-order chi connectivity index (χ1) is 9.49. The van der Waals surface area contributed by atoms with E-state index in [1.165, 1.54) is 12.1 Å². The summed E-state index contributed by atoms with van der Waals surface area (Å²) in [6, 6.07) is 11.2. The van der Waals surface area contributed by atoms with Gasteiger partial charge in [-0.2, -0.15) is 23.4 Å². The molecule has 6 heteroatoms. The highest BCUT2D eigenvalue weighted by Gasteiger charge is 2.29. The molecule has 3 nitrogen and oxygen atoms in total. The Hall–Kier alpha value is -2.21. The van der Waals surface area contributed by atoms with Crippen LogP contribution in [0.15, 0.2) is 58.8 Å². The van der Waals surface area contributed by atoms with Crippen LogP contribution in [-0.4, -0.2) is 5.11 Å². The van der Waals surface area contributed by atoms with Gasteiger partial charge in [0.25, 0.3) is 0 Å². The van der Waals surface area contributed by atoms with Crippen molar-refractivity contribution in [1.29, 1.82) is 0 Å². The lowest BCUT2D eigenvalue weighted by Gasteiger charge is -2.05. The van der Waals surface area contributed by atoms with Gasteiger partial charge in [0.1, 0.15) is 0 Å². The number of aliphatic hydroxyl groups excluding tert-OH is 1. The van der Waals surface area contributed by atoms with Crippen molar-refractivity contribution in [3.05, 3.63) is 59.7 Å². The third kappa shape index (κ3) is 3.64. The van der Waals surface area contributed by atoms with E-state index in [1.807, 2.05) is 0 Å². The van der Waals surface area contributed by atoms with Crippen LogP contribution in [0.4, 0.5) is 24.5 Å². The molecular formula is C14H11F3N2O. The van der Waals surface area contributed by atoms with Crippen molar-refractivity contribution >= 4 is 11.4 Å². The van der Waals surface area contributed by atoms with Gasteiger partial charge in [0.15, 0.2) is 0 Å². The number of benzene rings is 2. The summed E-state index contributed by atoms with van der Waals surface area (Å²) in [7, 11) is 0. The zero-order valence-electron chi connectivity index (χ0n) is 10.3. The number of hydrogen-bond donors (Lipinski definition) is 1. The van der Waals surface area contributed by atoms with Crippen molar-refractivity contribution in [3.63, 3.8) is 0 Å². The van der Waals surface area contributed by atoms with Crippen LogP contribution < -0.4 is 0 Å². The maximum Gasteiger partial charge on any atom is 0.416 e. The quantitative estimate of drug-likeness (QED) is 0.819. The van der Waals surface area contributed by atoms with Gasteiger partial charge in [0.05, 0.1) is 23.5 Å². The van der Waals surface area contributed by atoms with Crippen molar-refractivity contribution in [1.82, 2.24) is 0 Å². The molecule has 0 aliphatic heterocycles. The fraction of sp³-hybridized carbons (Fsp3) is 0.143. The van der Waals surface area contributed by atoms with E-state index in [9.17, 15) is 13.2 Å². The minimum atomic E-state index is -4.35. The number of azo groups is 1. The SMILES string of the molecule is OCc1ccc(N=Nc2ccc(C(F)(F)F)cc2)cc1. The second-order valence-corrected chi connectivity index (χ2v) is 4.07. The van der Waals surface area contributed by atoms with Crippen molar-refractivity contribution < 1.29 is 18.3 Å². The molecule has 0 radical (unpaired) electrons. The zero-order valence-corrected chi connectivity index (χ0v) is 10.3. The van der Waals surface area contributed by atoms with Gasteiger partial charge in [-0.05, 0) is 42.0 Å². The van der Waals surface area contributed by atoms with E-state index in [0.717, 1.165) is 17.7 Å². The van der Waals surface area contributed by atoms with E-state index in [2.05, 4.69) is 10.2 Å². The molecule has 0 aliphatic carbocycles. The van der Waals surface area contributed by atoms with Crippen LogP contribution in [0.3, 0.4) is 0 Å². The summed E-state index contributed by atoms with van der Waals surface area (Å²) in [5.41, 5.74) is 0.925. The van der Waals surface area contributed by atoms with Crippen LogP contribution >= 0.6 is 0 Å². The lowest BCUT2D eigenvalue weighted by atomic mass is 10.2. The van der Waals surface area contributed by atoms with Gasteiger partial charge in [0.2, 0.25) is 0 Å². The number of nitrogens with zero attached hydrogens (tertiary/aromatic N) is 2. The minimum absolute atomic E-state index is 0.0592. The third-order valence-corrected chi connectivity index (χ3v) is 2.59. The van der Waals surface area contributed by atoms with Gasteiger partial charge in [-0.25, -0.2) is 0 Å². The fourth-order valence-corrected chi connectivity index (χ4v) is 1.50. The average Bonchev–Trinajstić information content (AvgIpc) is 2.45. The molecule has 20 heavy (non-hydrogen) atoms. The third-order valence-electron chi connectivity index (χ3n) is 2.59. The smallest absolute Gasteiger partial charge is 0.392 e. The first-order valence-corrected chi connectivity index (χ1v) is 5.78. The summed E-state index contributed by atoms with van der Waals surface area (Å²) < 4.78 is 37.1. The monoisotopic (exact) mass is 280 g/mol. The fourth-order valence-electron chi connectivity index (χ4n) is 1.50. The van der Waals surface area contributed by atoms with E-state index in [0.29, 0.717) is 11.4 Å². The number of halogens is 3. The molecule has 0 unspecified atom stereocenters. The van der Waals surface area contributed by atoms with E-state index in [1.54, 1.807) is 24.3 Å². The lowest BCUT2D eigenvalue weighted by Crippen LogP contribution is -2.03. The van der Waals surface area contributed by atoms with Gasteiger partial charge in [-0.3, -0.25) is 0 Å². The van der Waals surface area contributed by atoms with Gasteiger partial charge >= 0.3 is 6.18 Å². The summed E-state index contributed by atoms with van der Waals surface area (Å²) in [4.78, 5) is 0. The standard InChI is InChI=1S/C14H11F3N2O/c15-14(16,17)11-3-7-13(8-4-11)19-18-12-5-1-10(9-20)2-6-12/h1-8,20H,9H2. The highest BCUT2D eigenvalue weighted by molar-refractivity contribution is 5.42. The zero-order chi connectivity index (χ0) is 14.6. The summed E-state index contributed by atoms with van der Waals surface area (Å²) in [6.07, 6.45) is -4.35. The molecule has 2 aromatic carbocycles. The van der Waals surface area contributed by atoms with E-state index in [-0.39, 0.29) is 6.61 Å². The van der Waals surface area contributed by atoms with Crippen LogP contribution in [0.2, 0.25) is 0 Å². The topological polar surface area (TPSA) is 45.0 Å². The van der Waals surface area contributed by atoms with Crippen LogP contribution in [-0.2, 0) is 12.8 Å². The summed E-state index contributed by atoms with van der Waals surface area (Å²) >= 11 is 0. The molecule has 0 aliphatic rings. The maximum atomic E-state index is 12.4. The van der Waals surface area contributed by atoms with Crippen molar-refractivity contribution in [2.24, 2.45) is 10.2 Å². The van der Waals surface area contributed by atoms with Gasteiger partial charge in [-0.1, -0.05) is 12.1 Å². The molecule has 0 spiro atoms. The molecule has 0 atom stereocenters. The molecule has 0 saturated heterocycles. The van der Waals surface area contributed by atoms with E-state index < -0.39 is 11.7 Å². The first-order valence-electron chi connectivity index (χ1n) is 5.78. The van der Waals surface area contributed by atoms with E-state index in [4.69, 9.17) is 5.11 Å². The first kappa shape index (κ1) is 14.2. The van der Waals surface area contributed by atoms with Crippen LogP contribution in [0.5, 0.6) is 0 Å². The largest absolute Gasteiger partial charge is 0.416 e. The van der Waals surface area contributed by atoms with Crippen molar-refractivity contribution in [2.45, 2.75) is 12.8 Å². The average molecular weight is 280 g/mol. The predicted molar refractivity (Wildman–Crippen MR) is 68.0 cm³/mol. The number of hydrogen-bond acceptors (Lipinski definition) is 3. The normalized spacial score (nSPS) is 12.0. The molecule has 104 valence electrons. The Kier molecular flexibility index (Phi) is 4.14. The highest BCUT2D eigenvalue weighted by Crippen LogP contribution is 2.30. The van der Waals surface area contributed by atoms with Gasteiger partial charge in [-0.15, -0.1) is 0 Å². The summed E-state index contributed by atoms with van der Waals surface area (Å²) in [6.45, 7) is -0.0592. The number of alkyl halides is 3. The molecule has 0 heterocycles. The Morgan fingerprint density at radius 3 is 1.65 bits per heavy atom. The van der Waals surface area contributed by atoms with Crippen molar-refractivity contribution in [2.75, 3.05) is 0 Å². The molecular weight excluding hydrogens is 269 g/mol. The van der Waals surface area contributed by atoms with Crippen LogP contribution in [0.25, 0.3) is 0 Å². The molecule has 0 amide bonds. The maximum absolute atomic E-state index is 12.4. The van der Waals surface area contributed by atoms with Crippen molar-refractivity contribution in [3.8, 4) is 0 Å². The highest BCUT2D eigenvalue weighted by atomic mass is 19.4. The van der Waals surface area contributed by atoms with Gasteiger partial charge < -0.3 is 5.11 Å². The van der Waals surface area contributed by atoms with E-state index >= 15 is 0 Å². The molecule has 0 bridgehead atoms. The minimum Gasteiger partial charge on any atom is -0.392 e. The second kappa shape index (κ2) is 5.83. The molecule has 1 N–H and O–H groups in total. The molecule has 0 saturated carbocycles. The Morgan fingerprint density at radius 1 is 0.800 bits per heavy atom.